The summed E-state index contributed by atoms with van der Waals surface area (Å²) in [5.74, 6) is -0.947. The number of ether oxygens (including phenoxy) is 1. The van der Waals surface area contributed by atoms with Crippen molar-refractivity contribution >= 4 is 30.2 Å². The van der Waals surface area contributed by atoms with Crippen molar-refractivity contribution in [2.75, 3.05) is 26.8 Å². The number of guanidine groups is 1. The first kappa shape index (κ1) is 28.3. The third kappa shape index (κ3) is 17.0. The Balaban J connectivity index is 0. The number of amides is 3. The lowest BCUT2D eigenvalue weighted by Crippen LogP contribution is -2.50. The van der Waals surface area contributed by atoms with E-state index in [-0.39, 0.29) is 25.0 Å². The molecule has 0 spiro atoms. The highest BCUT2D eigenvalue weighted by molar-refractivity contribution is 5.90. The van der Waals surface area contributed by atoms with E-state index in [1.165, 1.54) is 6.92 Å². The molecule has 12 heteroatoms. The van der Waals surface area contributed by atoms with E-state index < -0.39 is 30.0 Å². The van der Waals surface area contributed by atoms with E-state index in [1.54, 1.807) is 0 Å². The third-order valence-electron chi connectivity index (χ3n) is 3.17. The van der Waals surface area contributed by atoms with Crippen molar-refractivity contribution in [1.29, 1.82) is 0 Å². The molecule has 3 amide bonds. The lowest BCUT2D eigenvalue weighted by molar-refractivity contribution is -0.129. The van der Waals surface area contributed by atoms with Gasteiger partial charge in [0.25, 0.3) is 0 Å². The molecule has 0 rings (SSSR count). The zero-order chi connectivity index (χ0) is 22.8. The maximum atomic E-state index is 12.0. The number of nitrogens with two attached hydrogens (primary N) is 2. The number of carbonyl (C=O) groups is 4. The summed E-state index contributed by atoms with van der Waals surface area (Å²) in [6.07, 6.45) is 0.757. The molecule has 0 aromatic heterocycles. The fourth-order valence-electron chi connectivity index (χ4n) is 1.81. The predicted molar refractivity (Wildman–Crippen MR) is 108 cm³/mol. The monoisotopic (exact) mass is 418 g/mol. The Morgan fingerprint density at radius 2 is 1.76 bits per heavy atom. The number of aliphatic imine (C=N–C) groups is 1. The van der Waals surface area contributed by atoms with Crippen LogP contribution in [-0.4, -0.2) is 74.1 Å². The predicted octanol–water partition coefficient (Wildman–Crippen LogP) is -1.78. The highest BCUT2D eigenvalue weighted by Crippen LogP contribution is 1.97. The normalized spacial score (nSPS) is 11.8. The van der Waals surface area contributed by atoms with Gasteiger partial charge in [-0.2, -0.15) is 0 Å². The van der Waals surface area contributed by atoms with Crippen LogP contribution < -0.4 is 27.4 Å². The van der Waals surface area contributed by atoms with Crippen LogP contribution in [0.25, 0.3) is 0 Å². The first-order valence-electron chi connectivity index (χ1n) is 9.11. The van der Waals surface area contributed by atoms with Crippen LogP contribution in [-0.2, 0) is 19.1 Å². The quantitative estimate of drug-likeness (QED) is 0.0924. The molecule has 2 atom stereocenters. The number of aldehydes is 1. The number of nitrogens with one attached hydrogen (secondary N) is 3. The van der Waals surface area contributed by atoms with Gasteiger partial charge in [-0.15, -0.1) is 0 Å². The second-order valence-corrected chi connectivity index (χ2v) is 6.34. The smallest absolute Gasteiger partial charge is 0.407 e. The number of carbonyl (C=O) groups excluding carboxylic acids is 4. The minimum atomic E-state index is -0.883. The van der Waals surface area contributed by atoms with Crippen LogP contribution in [0.1, 0.15) is 33.6 Å². The molecule has 0 saturated carbocycles. The van der Waals surface area contributed by atoms with Gasteiger partial charge in [0, 0.05) is 13.7 Å². The van der Waals surface area contributed by atoms with Crippen LogP contribution >= 0.6 is 0 Å². The number of aliphatic hydroxyl groups is 1. The van der Waals surface area contributed by atoms with Gasteiger partial charge in [-0.25, -0.2) is 4.79 Å². The van der Waals surface area contributed by atoms with Crippen LogP contribution in [0.4, 0.5) is 4.79 Å². The molecule has 0 fully saturated rings. The summed E-state index contributed by atoms with van der Waals surface area (Å²) in [6, 6.07) is -1.60. The second kappa shape index (κ2) is 17.2. The molecule has 29 heavy (non-hydrogen) atoms. The van der Waals surface area contributed by atoms with Crippen molar-refractivity contribution in [1.82, 2.24) is 16.0 Å². The van der Waals surface area contributed by atoms with Crippen molar-refractivity contribution in [2.45, 2.75) is 45.7 Å². The molecular weight excluding hydrogens is 384 g/mol. The summed E-state index contributed by atoms with van der Waals surface area (Å²) in [4.78, 5) is 50.0. The Hall–Kier alpha value is -2.89. The van der Waals surface area contributed by atoms with E-state index in [0.29, 0.717) is 25.7 Å². The number of hydrogen-bond donors (Lipinski definition) is 6. The van der Waals surface area contributed by atoms with Crippen molar-refractivity contribution in [2.24, 2.45) is 22.4 Å². The Kier molecular flexibility index (Phi) is 16.8. The van der Waals surface area contributed by atoms with Crippen molar-refractivity contribution in [3.05, 3.63) is 0 Å². The molecule has 12 nitrogen and oxygen atoms in total. The zero-order valence-electron chi connectivity index (χ0n) is 17.4. The Morgan fingerprint density at radius 1 is 1.14 bits per heavy atom. The molecule has 0 aliphatic carbocycles. The summed E-state index contributed by atoms with van der Waals surface area (Å²) in [5, 5.41) is 14.2. The maximum Gasteiger partial charge on any atom is 0.407 e. The Morgan fingerprint density at radius 3 is 2.28 bits per heavy atom. The average molecular weight is 418 g/mol. The van der Waals surface area contributed by atoms with Crippen LogP contribution in [0.5, 0.6) is 0 Å². The molecule has 0 aromatic carbocycles. The van der Waals surface area contributed by atoms with Gasteiger partial charge in [0.1, 0.15) is 18.9 Å². The average Bonchev–Trinajstić information content (AvgIpc) is 2.68. The van der Waals surface area contributed by atoms with E-state index in [4.69, 9.17) is 21.3 Å². The number of nitrogens with zero attached hydrogens (tertiary/aromatic N) is 1. The number of rotatable bonds is 12. The number of alkyl carbamates (subject to hydrolysis) is 1. The summed E-state index contributed by atoms with van der Waals surface area (Å²) in [7, 11) is 1.00. The van der Waals surface area contributed by atoms with Crippen LogP contribution in [0, 0.1) is 5.92 Å². The molecule has 0 heterocycles. The van der Waals surface area contributed by atoms with Crippen LogP contribution in [0.3, 0.4) is 0 Å². The highest BCUT2D eigenvalue weighted by Gasteiger charge is 2.19. The van der Waals surface area contributed by atoms with Gasteiger partial charge in [0.05, 0.1) is 12.6 Å². The van der Waals surface area contributed by atoms with E-state index in [9.17, 15) is 19.2 Å². The molecule has 8 N–H and O–H groups in total. The fourth-order valence-corrected chi connectivity index (χ4v) is 1.81. The molecule has 0 radical (unpaired) electrons. The van der Waals surface area contributed by atoms with Crippen LogP contribution in [0.2, 0.25) is 0 Å². The van der Waals surface area contributed by atoms with Gasteiger partial charge >= 0.3 is 6.09 Å². The number of hydrogen-bond acceptors (Lipinski definition) is 7. The first-order chi connectivity index (χ1) is 13.6. The van der Waals surface area contributed by atoms with Gasteiger partial charge in [-0.1, -0.05) is 13.8 Å². The lowest BCUT2D eigenvalue weighted by atomic mass is 10.1. The fraction of sp³-hybridized carbons (Fsp3) is 0.706. The molecule has 0 bridgehead atoms. The van der Waals surface area contributed by atoms with E-state index in [1.807, 2.05) is 13.8 Å². The zero-order valence-corrected chi connectivity index (χ0v) is 17.4. The largest absolute Gasteiger partial charge is 0.449 e. The van der Waals surface area contributed by atoms with Gasteiger partial charge in [-0.3, -0.25) is 14.6 Å². The SMILES string of the molecule is CC(C)COC(=O)NCC(=O)N[C@@H](C)C(=O)NC(C=O)CCCN=C(N)N.CO. The van der Waals surface area contributed by atoms with Gasteiger partial charge in [-0.05, 0) is 25.7 Å². The highest BCUT2D eigenvalue weighted by atomic mass is 16.5. The van der Waals surface area contributed by atoms with Crippen molar-refractivity contribution < 1.29 is 29.0 Å². The summed E-state index contributed by atoms with van der Waals surface area (Å²) < 4.78 is 4.86. The molecule has 1 unspecified atom stereocenters. The molecule has 0 aliphatic rings. The van der Waals surface area contributed by atoms with Gasteiger partial charge in [0.2, 0.25) is 11.8 Å². The minimum Gasteiger partial charge on any atom is -0.449 e. The molecule has 168 valence electrons. The standard InChI is InChI=1S/C16H30N6O5.CH4O/c1-10(2)9-27-16(26)20-7-13(24)21-11(3)14(25)22-12(8-23)5-4-6-19-15(17)18;1-2/h8,10-12H,4-7,9H2,1-3H3,(H,20,26)(H,21,24)(H,22,25)(H4,17,18,19);2H,1H3/t11-,12?;/m0./s1. The minimum absolute atomic E-state index is 0.0419. The topological polar surface area (TPSA) is 198 Å². The van der Waals surface area contributed by atoms with E-state index >= 15 is 0 Å². The van der Waals surface area contributed by atoms with Crippen molar-refractivity contribution in [3.63, 3.8) is 0 Å². The Labute approximate surface area is 170 Å². The van der Waals surface area contributed by atoms with E-state index in [0.717, 1.165) is 7.11 Å². The van der Waals surface area contributed by atoms with Crippen LogP contribution in [0.15, 0.2) is 4.99 Å². The Bertz CT molecular complexity index is 537. The summed E-state index contributed by atoms with van der Waals surface area (Å²) in [6.45, 7) is 5.48. The summed E-state index contributed by atoms with van der Waals surface area (Å²) >= 11 is 0. The third-order valence-corrected chi connectivity index (χ3v) is 3.17. The molecule has 0 aliphatic heterocycles. The van der Waals surface area contributed by atoms with Crippen molar-refractivity contribution in [3.8, 4) is 0 Å². The second-order valence-electron chi connectivity index (χ2n) is 6.34. The molecule has 0 saturated heterocycles. The maximum absolute atomic E-state index is 12.0. The van der Waals surface area contributed by atoms with E-state index in [2.05, 4.69) is 20.9 Å². The molecule has 0 aromatic rings. The van der Waals surface area contributed by atoms with Gasteiger partial charge < -0.3 is 42.1 Å². The molecular formula is C17H34N6O6. The number of aliphatic hydroxyl groups excluding tert-OH is 1. The summed E-state index contributed by atoms with van der Waals surface area (Å²) in [5.41, 5.74) is 10.4. The first-order valence-corrected chi connectivity index (χ1v) is 9.11. The lowest BCUT2D eigenvalue weighted by Gasteiger charge is -2.17. The van der Waals surface area contributed by atoms with Gasteiger partial charge in [0.15, 0.2) is 5.96 Å².